The van der Waals surface area contributed by atoms with Crippen LogP contribution in [0.5, 0.6) is 0 Å². The van der Waals surface area contributed by atoms with Crippen LogP contribution in [0.3, 0.4) is 0 Å². The first-order valence-electron chi connectivity index (χ1n) is 13.8. The first-order chi connectivity index (χ1) is 20.4. The average Bonchev–Trinajstić information content (AvgIpc) is 3.39. The molecule has 0 aliphatic carbocycles. The summed E-state index contributed by atoms with van der Waals surface area (Å²) in [5, 5.41) is 10.2. The minimum absolute atomic E-state index is 0.225. The van der Waals surface area contributed by atoms with Crippen molar-refractivity contribution in [3.8, 4) is 0 Å². The number of amides is 3. The van der Waals surface area contributed by atoms with Crippen LogP contribution in [0.1, 0.15) is 25.0 Å². The van der Waals surface area contributed by atoms with Crippen molar-refractivity contribution < 1.29 is 9.59 Å². The second-order valence-corrected chi connectivity index (χ2v) is 9.73. The Morgan fingerprint density at radius 2 is 1.83 bits per heavy atom. The molecule has 0 radical (unpaired) electrons. The zero-order chi connectivity index (χ0) is 30.1. The summed E-state index contributed by atoms with van der Waals surface area (Å²) in [4.78, 5) is 40.9. The van der Waals surface area contributed by atoms with Gasteiger partial charge < -0.3 is 20.4 Å². The molecule has 42 heavy (non-hydrogen) atoms. The van der Waals surface area contributed by atoms with Crippen molar-refractivity contribution in [1.29, 1.82) is 0 Å². The zero-order valence-corrected chi connectivity index (χ0v) is 24.7. The van der Waals surface area contributed by atoms with Gasteiger partial charge in [0.2, 0.25) is 11.9 Å². The molecule has 3 amide bonds. The number of urea groups is 1. The fourth-order valence-corrected chi connectivity index (χ4v) is 4.32. The summed E-state index contributed by atoms with van der Waals surface area (Å²) in [5.41, 5.74) is 3.68. The first-order valence-corrected chi connectivity index (χ1v) is 13.8. The second-order valence-electron chi connectivity index (χ2n) is 9.73. The quantitative estimate of drug-likeness (QED) is 0.264. The molecule has 0 saturated heterocycles. The molecule has 218 valence electrons. The monoisotopic (exact) mass is 567 g/mol. The van der Waals surface area contributed by atoms with Crippen molar-refractivity contribution in [3.05, 3.63) is 96.5 Å². The highest BCUT2D eigenvalue weighted by atomic mass is 16.2. The van der Waals surface area contributed by atoms with Crippen molar-refractivity contribution in [2.45, 2.75) is 26.9 Å². The van der Waals surface area contributed by atoms with E-state index in [1.807, 2.05) is 82.5 Å². The molecular formula is C31H37N9O2. The van der Waals surface area contributed by atoms with E-state index in [1.54, 1.807) is 51.2 Å². The van der Waals surface area contributed by atoms with Gasteiger partial charge in [-0.2, -0.15) is 10.1 Å². The number of anilines is 5. The van der Waals surface area contributed by atoms with E-state index in [9.17, 15) is 9.59 Å². The van der Waals surface area contributed by atoms with Crippen LogP contribution in [0.2, 0.25) is 0 Å². The van der Waals surface area contributed by atoms with Crippen LogP contribution in [-0.2, 0) is 24.9 Å². The molecule has 0 saturated carbocycles. The molecule has 2 aromatic carbocycles. The van der Waals surface area contributed by atoms with Gasteiger partial charge in [-0.3, -0.25) is 9.48 Å². The number of carbonyl (C=O) groups is 2. The lowest BCUT2D eigenvalue weighted by molar-refractivity contribution is -0.111. The third kappa shape index (κ3) is 7.58. The summed E-state index contributed by atoms with van der Waals surface area (Å²) < 4.78 is 1.67. The number of hydrogen-bond acceptors (Lipinski definition) is 7. The summed E-state index contributed by atoms with van der Waals surface area (Å²) in [6.07, 6.45) is 8.51. The molecule has 0 spiro atoms. The zero-order valence-electron chi connectivity index (χ0n) is 24.7. The fourth-order valence-electron chi connectivity index (χ4n) is 4.32. The number of fused-ring (bicyclic) bond motifs is 1. The van der Waals surface area contributed by atoms with Gasteiger partial charge in [0.05, 0.1) is 24.1 Å². The van der Waals surface area contributed by atoms with Crippen LogP contribution >= 0.6 is 0 Å². The van der Waals surface area contributed by atoms with Crippen molar-refractivity contribution in [1.82, 2.24) is 29.5 Å². The third-order valence-corrected chi connectivity index (χ3v) is 6.17. The van der Waals surface area contributed by atoms with Gasteiger partial charge in [-0.25, -0.2) is 14.7 Å². The number of aryl methyl sites for hydroxylation is 1. The first kappa shape index (κ1) is 29.9. The summed E-state index contributed by atoms with van der Waals surface area (Å²) in [6, 6.07) is 16.8. The predicted octanol–water partition coefficient (Wildman–Crippen LogP) is 5.31. The van der Waals surface area contributed by atoms with E-state index in [2.05, 4.69) is 20.7 Å². The van der Waals surface area contributed by atoms with Crippen molar-refractivity contribution >= 4 is 40.8 Å². The molecule has 4 aromatic rings. The van der Waals surface area contributed by atoms with Gasteiger partial charge in [-0.1, -0.05) is 56.3 Å². The maximum atomic E-state index is 14.0. The molecule has 0 fully saturated rings. The molecule has 3 heterocycles. The number of nitrogens with zero attached hydrogens (tertiary/aromatic N) is 7. The molecule has 0 atom stereocenters. The topological polar surface area (TPSA) is 112 Å². The Kier molecular flexibility index (Phi) is 10.0. The number of carbonyl (C=O) groups excluding carboxylic acids is 2. The van der Waals surface area contributed by atoms with Gasteiger partial charge in [0.1, 0.15) is 0 Å². The average molecular weight is 568 g/mol. The molecule has 1 aliphatic heterocycles. The normalized spacial score (nSPS) is 12.7. The highest BCUT2D eigenvalue weighted by Gasteiger charge is 2.33. The maximum Gasteiger partial charge on any atom is 0.330 e. The lowest BCUT2D eigenvalue weighted by Crippen LogP contribution is -2.45. The van der Waals surface area contributed by atoms with Crippen LogP contribution in [0, 0.1) is 0 Å². The van der Waals surface area contributed by atoms with E-state index in [0.29, 0.717) is 42.8 Å². The standard InChI is InChI=1S/C29H31N9O2.C2H6/c1-35(2)14-8-13-26(39)32-23-11-7-12-25(15-23)38-27-22(16-30-28(34-27)33-24-17-31-36(3)20-24)19-37(29(38)40)18-21-9-5-4-6-10-21;1-2/h4-13,15-17,20H,14,18-19H2,1-3H3,(H,32,39)(H,30,33,34);1-2H3/b13-8+;. The molecular weight excluding hydrogens is 530 g/mol. The van der Waals surface area contributed by atoms with Crippen LogP contribution in [0.25, 0.3) is 0 Å². The minimum Gasteiger partial charge on any atom is -0.322 e. The van der Waals surface area contributed by atoms with E-state index in [4.69, 9.17) is 4.98 Å². The van der Waals surface area contributed by atoms with E-state index in [0.717, 1.165) is 16.8 Å². The number of hydrogen-bond donors (Lipinski definition) is 2. The Labute approximate surface area is 246 Å². The van der Waals surface area contributed by atoms with Crippen molar-refractivity contribution in [2.75, 3.05) is 36.2 Å². The summed E-state index contributed by atoms with van der Waals surface area (Å²) in [7, 11) is 5.69. The van der Waals surface area contributed by atoms with Gasteiger partial charge in [0.15, 0.2) is 5.82 Å². The third-order valence-electron chi connectivity index (χ3n) is 6.17. The summed E-state index contributed by atoms with van der Waals surface area (Å²) in [6.45, 7) is 5.44. The molecule has 0 bridgehead atoms. The lowest BCUT2D eigenvalue weighted by Gasteiger charge is -2.36. The Morgan fingerprint density at radius 1 is 1.05 bits per heavy atom. The largest absolute Gasteiger partial charge is 0.330 e. The molecule has 11 heteroatoms. The molecule has 0 unspecified atom stereocenters. The lowest BCUT2D eigenvalue weighted by atomic mass is 10.1. The summed E-state index contributed by atoms with van der Waals surface area (Å²) in [5.74, 6) is 0.571. The number of likely N-dealkylation sites (N-methyl/N-ethyl adjacent to an activating group) is 1. The number of benzene rings is 2. The van der Waals surface area contributed by atoms with Gasteiger partial charge in [0, 0.05) is 49.9 Å². The van der Waals surface area contributed by atoms with Crippen LogP contribution < -0.4 is 15.5 Å². The Hall–Kier alpha value is -5.03. The highest BCUT2D eigenvalue weighted by Crippen LogP contribution is 2.35. The molecule has 1 aliphatic rings. The van der Waals surface area contributed by atoms with Crippen molar-refractivity contribution in [3.63, 3.8) is 0 Å². The van der Waals surface area contributed by atoms with E-state index >= 15 is 0 Å². The van der Waals surface area contributed by atoms with E-state index in [-0.39, 0.29) is 11.9 Å². The van der Waals surface area contributed by atoms with Gasteiger partial charge in [-0.15, -0.1) is 0 Å². The van der Waals surface area contributed by atoms with Crippen molar-refractivity contribution in [2.24, 2.45) is 7.05 Å². The Bertz CT molecular complexity index is 1530. The highest BCUT2D eigenvalue weighted by molar-refractivity contribution is 6.03. The fraction of sp³-hybridized carbons (Fsp3) is 0.258. The van der Waals surface area contributed by atoms with Crippen LogP contribution in [0.4, 0.5) is 33.6 Å². The number of aromatic nitrogens is 4. The maximum absolute atomic E-state index is 14.0. The van der Waals surface area contributed by atoms with Crippen LogP contribution in [-0.4, -0.2) is 62.1 Å². The predicted molar refractivity (Wildman–Crippen MR) is 166 cm³/mol. The van der Waals surface area contributed by atoms with Gasteiger partial charge in [-0.05, 0) is 37.9 Å². The SMILES string of the molecule is CC.CN(C)C/C=C/C(=O)Nc1cccc(N2C(=O)N(Cc3ccccc3)Cc3cnc(Nc4cnn(C)c4)nc32)c1. The second kappa shape index (κ2) is 14.0. The number of rotatable bonds is 9. The van der Waals surface area contributed by atoms with Crippen LogP contribution in [0.15, 0.2) is 85.3 Å². The minimum atomic E-state index is -0.250. The Balaban J connectivity index is 0.00000198. The molecule has 2 N–H and O–H groups in total. The molecule has 11 nitrogen and oxygen atoms in total. The molecule has 2 aromatic heterocycles. The Morgan fingerprint density at radius 3 is 2.55 bits per heavy atom. The van der Waals surface area contributed by atoms with Gasteiger partial charge in [0.25, 0.3) is 0 Å². The molecule has 5 rings (SSSR count). The van der Waals surface area contributed by atoms with E-state index < -0.39 is 0 Å². The smallest absolute Gasteiger partial charge is 0.322 e. The summed E-state index contributed by atoms with van der Waals surface area (Å²) >= 11 is 0. The number of nitrogens with one attached hydrogen (secondary N) is 2. The van der Waals surface area contributed by atoms with Gasteiger partial charge >= 0.3 is 6.03 Å². The van der Waals surface area contributed by atoms with E-state index in [1.165, 1.54) is 6.08 Å².